The highest BCUT2D eigenvalue weighted by atomic mass is 16.6. The molecule has 4 atom stereocenters. The maximum Gasteiger partial charge on any atom is 0.255 e. The lowest BCUT2D eigenvalue weighted by atomic mass is 9.58. The van der Waals surface area contributed by atoms with Crippen LogP contribution in [0.1, 0.15) is 48.7 Å². The van der Waals surface area contributed by atoms with Gasteiger partial charge in [-0.25, -0.2) is 0 Å². The van der Waals surface area contributed by atoms with Crippen molar-refractivity contribution in [3.63, 3.8) is 0 Å². The van der Waals surface area contributed by atoms with Crippen LogP contribution >= 0.6 is 0 Å². The minimum absolute atomic E-state index is 0.0159. The van der Waals surface area contributed by atoms with Crippen LogP contribution in [-0.2, 0) is 20.8 Å². The molecular weight excluding hydrogens is 520 g/mol. The normalized spacial score (nSPS) is 26.7. The van der Waals surface area contributed by atoms with Gasteiger partial charge in [-0.05, 0) is 65.3 Å². The maximum absolute atomic E-state index is 14.0. The maximum atomic E-state index is 14.0. The number of aromatic hydroxyl groups is 1. The highest BCUT2D eigenvalue weighted by molar-refractivity contribution is 6.25. The van der Waals surface area contributed by atoms with Gasteiger partial charge < -0.3 is 35.9 Å². The van der Waals surface area contributed by atoms with Crippen molar-refractivity contribution in [3.8, 4) is 5.75 Å². The predicted molar refractivity (Wildman–Crippen MR) is 146 cm³/mol. The van der Waals surface area contributed by atoms with Crippen LogP contribution in [0.25, 0.3) is 0 Å². The lowest BCUT2D eigenvalue weighted by molar-refractivity contribution is -0.148. The van der Waals surface area contributed by atoms with Crippen molar-refractivity contribution in [2.75, 3.05) is 33.1 Å². The Labute approximate surface area is 232 Å². The number of Topliss-reactive ketones (excluding diaryl/α,β-unsaturated/α-hetero) is 2. The third-order valence-corrected chi connectivity index (χ3v) is 7.73. The summed E-state index contributed by atoms with van der Waals surface area (Å²) in [5, 5.41) is 49.2. The molecule has 0 saturated carbocycles. The number of primary amides is 1. The summed E-state index contributed by atoms with van der Waals surface area (Å²) >= 11 is 0. The first kappa shape index (κ1) is 29.1. The van der Waals surface area contributed by atoms with Crippen molar-refractivity contribution in [2.24, 2.45) is 22.7 Å². The van der Waals surface area contributed by atoms with Gasteiger partial charge in [0.05, 0.1) is 17.8 Å². The third kappa shape index (κ3) is 4.31. The number of hydrogen-bond acceptors (Lipinski definition) is 11. The molecular formula is C28H36N4O8. The van der Waals surface area contributed by atoms with E-state index >= 15 is 0 Å². The summed E-state index contributed by atoms with van der Waals surface area (Å²) in [6, 6.07) is 0.624. The molecule has 1 aromatic rings. The number of benzene rings is 1. The number of fused-ring (bicyclic) bond motifs is 3. The van der Waals surface area contributed by atoms with Gasteiger partial charge in [0.15, 0.2) is 11.4 Å². The van der Waals surface area contributed by atoms with Crippen LogP contribution in [0.2, 0.25) is 0 Å². The summed E-state index contributed by atoms with van der Waals surface area (Å²) in [5.74, 6) is -6.97. The van der Waals surface area contributed by atoms with Crippen molar-refractivity contribution in [3.05, 3.63) is 45.4 Å². The number of allylic oxidation sites excluding steroid dienone is 1. The molecule has 0 saturated heterocycles. The van der Waals surface area contributed by atoms with E-state index in [4.69, 9.17) is 10.6 Å². The van der Waals surface area contributed by atoms with Crippen molar-refractivity contribution >= 4 is 29.4 Å². The van der Waals surface area contributed by atoms with Gasteiger partial charge in [-0.1, -0.05) is 5.16 Å². The van der Waals surface area contributed by atoms with Crippen LogP contribution in [0.3, 0.4) is 0 Å². The van der Waals surface area contributed by atoms with Crippen LogP contribution < -0.4 is 10.6 Å². The van der Waals surface area contributed by atoms with Crippen molar-refractivity contribution < 1.29 is 39.6 Å². The minimum atomic E-state index is -2.69. The molecule has 1 aromatic carbocycles. The number of amides is 1. The number of hydrogen-bond donors (Lipinski definition) is 5. The Morgan fingerprint density at radius 3 is 2.33 bits per heavy atom. The van der Waals surface area contributed by atoms with E-state index in [1.54, 1.807) is 59.9 Å². The summed E-state index contributed by atoms with van der Waals surface area (Å²) in [6.07, 6.45) is 1.48. The van der Waals surface area contributed by atoms with Gasteiger partial charge in [0.1, 0.15) is 28.4 Å². The standard InChI is InChI=1S/C28H36N4O8/c1-27(2,3)40-30-11-13-10-16(31(4)5)14-8-12-9-15-20(32(6)7)23(35)19(26(29)38)25(37)28(15,39)24(36)17(12)22(34)18(14)21(13)33/h10-12,15,20,33,35-36,39H,8-9H2,1-7H3,(H2,29,38)/b30-11+. The fourth-order valence-electron chi connectivity index (χ4n) is 6.06. The molecule has 1 amide bonds. The van der Waals surface area contributed by atoms with E-state index in [0.29, 0.717) is 11.3 Å². The smallest absolute Gasteiger partial charge is 0.255 e. The van der Waals surface area contributed by atoms with E-state index in [1.807, 2.05) is 0 Å². The van der Waals surface area contributed by atoms with E-state index in [9.17, 15) is 34.8 Å². The Balaban J connectivity index is 1.94. The minimum Gasteiger partial charge on any atom is -0.510 e. The van der Waals surface area contributed by atoms with E-state index in [0.717, 1.165) is 0 Å². The molecule has 216 valence electrons. The zero-order chi connectivity index (χ0) is 30.1. The second-order valence-electron chi connectivity index (χ2n) is 12.0. The van der Waals surface area contributed by atoms with Gasteiger partial charge in [-0.3, -0.25) is 19.3 Å². The molecule has 0 fully saturated rings. The van der Waals surface area contributed by atoms with Crippen molar-refractivity contribution in [2.45, 2.75) is 50.9 Å². The van der Waals surface area contributed by atoms with Crippen LogP contribution in [0, 0.1) is 11.8 Å². The van der Waals surface area contributed by atoms with Crippen LogP contribution in [0.4, 0.5) is 5.69 Å². The van der Waals surface area contributed by atoms with E-state index in [1.165, 1.54) is 11.1 Å². The average Bonchev–Trinajstić information content (AvgIpc) is 2.81. The summed E-state index contributed by atoms with van der Waals surface area (Å²) < 4.78 is 0. The van der Waals surface area contributed by atoms with E-state index < -0.39 is 69.4 Å². The second-order valence-corrected chi connectivity index (χ2v) is 12.0. The first-order valence-corrected chi connectivity index (χ1v) is 12.9. The lowest BCUT2D eigenvalue weighted by Crippen LogP contribution is -2.63. The number of aliphatic hydroxyl groups excluding tert-OH is 2. The number of carbonyl (C=O) groups is 3. The molecule has 4 unspecified atom stereocenters. The van der Waals surface area contributed by atoms with Crippen molar-refractivity contribution in [1.29, 1.82) is 0 Å². The highest BCUT2D eigenvalue weighted by Gasteiger charge is 2.63. The van der Waals surface area contributed by atoms with Gasteiger partial charge >= 0.3 is 0 Å². The van der Waals surface area contributed by atoms with Crippen LogP contribution in [0.15, 0.2) is 33.9 Å². The number of phenols is 1. The molecule has 12 nitrogen and oxygen atoms in total. The molecule has 40 heavy (non-hydrogen) atoms. The second kappa shape index (κ2) is 9.63. The van der Waals surface area contributed by atoms with Crippen LogP contribution in [-0.4, -0.2) is 94.4 Å². The molecule has 0 aromatic heterocycles. The molecule has 3 aliphatic carbocycles. The molecule has 3 aliphatic rings. The molecule has 0 radical (unpaired) electrons. The Kier molecular flexibility index (Phi) is 7.00. The largest absolute Gasteiger partial charge is 0.510 e. The number of carbonyl (C=O) groups excluding carboxylic acids is 3. The lowest BCUT2D eigenvalue weighted by Gasteiger charge is -2.50. The third-order valence-electron chi connectivity index (χ3n) is 7.73. The van der Waals surface area contributed by atoms with Gasteiger partial charge in [0.25, 0.3) is 5.91 Å². The molecule has 0 bridgehead atoms. The number of ketones is 2. The Hall–Kier alpha value is -3.90. The van der Waals surface area contributed by atoms with Gasteiger partial charge in [0, 0.05) is 36.8 Å². The van der Waals surface area contributed by atoms with Gasteiger partial charge in [-0.15, -0.1) is 0 Å². The Bertz CT molecular complexity index is 1400. The first-order chi connectivity index (χ1) is 18.4. The molecule has 4 rings (SSSR count). The van der Waals surface area contributed by atoms with Gasteiger partial charge in [-0.2, -0.15) is 0 Å². The summed E-state index contributed by atoms with van der Waals surface area (Å²) in [5.41, 5.74) is 2.27. The summed E-state index contributed by atoms with van der Waals surface area (Å²) in [4.78, 5) is 48.2. The number of rotatable bonds is 5. The van der Waals surface area contributed by atoms with Crippen molar-refractivity contribution in [1.82, 2.24) is 4.90 Å². The summed E-state index contributed by atoms with van der Waals surface area (Å²) in [6.45, 7) is 5.40. The van der Waals surface area contributed by atoms with Crippen LogP contribution in [0.5, 0.6) is 5.75 Å². The number of likely N-dealkylation sites (N-methyl/N-ethyl adjacent to an activating group) is 1. The number of oxime groups is 1. The molecule has 6 N–H and O–H groups in total. The number of aliphatic hydroxyl groups is 3. The molecule has 0 spiro atoms. The number of phenolic OH excluding ortho intramolecular Hbond substituents is 1. The fraction of sp³-hybridized carbons (Fsp3) is 0.500. The fourth-order valence-corrected chi connectivity index (χ4v) is 6.06. The number of nitrogens with two attached hydrogens (primary N) is 1. The van der Waals surface area contributed by atoms with Gasteiger partial charge in [0.2, 0.25) is 5.78 Å². The SMILES string of the molecule is CN(C)c1cc(/C=N/OC(C)(C)C)c(O)c2c1CC1CC3C(N(C)C)C(O)=C(C(N)=O)C(=O)C3(O)C(O)=C1C2=O. The Morgan fingerprint density at radius 2 is 1.80 bits per heavy atom. The molecule has 0 aliphatic heterocycles. The summed E-state index contributed by atoms with van der Waals surface area (Å²) in [7, 11) is 6.73. The van der Waals surface area contributed by atoms with E-state index in [-0.39, 0.29) is 29.5 Å². The zero-order valence-electron chi connectivity index (χ0n) is 23.6. The predicted octanol–water partition coefficient (Wildman–Crippen LogP) is 1.34. The highest BCUT2D eigenvalue weighted by Crippen LogP contribution is 2.53. The quantitative estimate of drug-likeness (QED) is 0.201. The first-order valence-electron chi connectivity index (χ1n) is 12.9. The number of nitrogens with zero attached hydrogens (tertiary/aromatic N) is 3. The molecule has 0 heterocycles. The number of anilines is 1. The molecule has 12 heteroatoms. The zero-order valence-corrected chi connectivity index (χ0v) is 23.6. The topological polar surface area (TPSA) is 186 Å². The monoisotopic (exact) mass is 556 g/mol. The van der Waals surface area contributed by atoms with E-state index in [2.05, 4.69) is 5.16 Å². The Morgan fingerprint density at radius 1 is 1.18 bits per heavy atom. The average molecular weight is 557 g/mol.